The van der Waals surface area contributed by atoms with Crippen molar-refractivity contribution in [3.8, 4) is 28.7 Å². The molecule has 4 N–H and O–H groups in total. The van der Waals surface area contributed by atoms with Gasteiger partial charge in [-0.1, -0.05) is 38.1 Å². The Kier molecular flexibility index (Phi) is 15.7. The maximum atomic E-state index is 14.2. The second-order valence-electron chi connectivity index (χ2n) is 22.4. The van der Waals surface area contributed by atoms with Crippen LogP contribution in [0.5, 0.6) is 28.7 Å². The molecule has 78 heavy (non-hydrogen) atoms. The summed E-state index contributed by atoms with van der Waals surface area (Å²) in [4.78, 5) is 40.5. The maximum Gasteiger partial charge on any atom is 0.293 e. The van der Waals surface area contributed by atoms with Gasteiger partial charge < -0.3 is 39.3 Å². The number of benzene rings is 4. The summed E-state index contributed by atoms with van der Waals surface area (Å²) in [6.07, 6.45) is 10.3. The minimum atomic E-state index is -4.60. The van der Waals surface area contributed by atoms with E-state index < -0.39 is 37.0 Å². The Morgan fingerprint density at radius 3 is 2.32 bits per heavy atom. The van der Waals surface area contributed by atoms with Crippen LogP contribution in [0.2, 0.25) is 0 Å². The Morgan fingerprint density at radius 1 is 0.897 bits per heavy atom. The number of fused-ring (bicyclic) bond motifs is 1. The molecule has 1 atom stereocenters. The largest absolute Gasteiger partial charge is 0.493 e. The number of pyridine rings is 1. The molecule has 2 aromatic heterocycles. The third-order valence-electron chi connectivity index (χ3n) is 16.9. The van der Waals surface area contributed by atoms with Gasteiger partial charge >= 0.3 is 0 Å². The third-order valence-corrected chi connectivity index (χ3v) is 18.2. The van der Waals surface area contributed by atoms with Gasteiger partial charge in [0.25, 0.3) is 21.6 Å². The molecule has 2 aliphatic carbocycles. The highest BCUT2D eigenvalue weighted by Crippen LogP contribution is 2.54. The Bertz CT molecular complexity index is 3240. The number of piperazine rings is 1. The number of amides is 1. The van der Waals surface area contributed by atoms with Crippen LogP contribution < -0.4 is 33.9 Å². The van der Waals surface area contributed by atoms with Crippen molar-refractivity contribution in [2.24, 2.45) is 11.3 Å². The monoisotopic (exact) mass is 1080 g/mol. The molecular weight excluding hydrogens is 1010 g/mol. The van der Waals surface area contributed by atoms with Gasteiger partial charge in [-0.2, -0.15) is 0 Å². The standard InChI is InChI=1S/C59H72N8O10S/c1-38(2)46-9-7-8-10-47(46)51-37-64(36-40-27-53(74-4)55(76-6)54(28-40)75-5)25-26-66(51)43-32-59(33-43)20-23-65(24-21-59)42-11-13-48(52(30-42)77-44-29-41-17-22-60-56(41)62-35-44)57(68)63-78(72,73)45-12-14-49(50(31-45)67(70)71)61-34-39-15-18-58(3,69)19-16-39/h7-14,17,22,27-31,35,38-39,43,51,61,69H,15-16,18-21,23-26,32-34,36-37H2,1-6H3,(H,60,62)(H,63,68). The van der Waals surface area contributed by atoms with Gasteiger partial charge in [0, 0.05) is 87.3 Å². The van der Waals surface area contributed by atoms with Crippen molar-refractivity contribution >= 4 is 44.0 Å². The highest BCUT2D eigenvalue weighted by atomic mass is 32.2. The molecule has 19 heteroatoms. The number of ether oxygens (including phenoxy) is 4. The molecule has 4 aliphatic rings. The second kappa shape index (κ2) is 22.4. The number of nitro benzene ring substituents is 1. The Labute approximate surface area is 456 Å². The first-order chi connectivity index (χ1) is 37.4. The number of hydrogen-bond donors (Lipinski definition) is 4. The zero-order chi connectivity index (χ0) is 54.9. The number of hydrogen-bond acceptors (Lipinski definition) is 15. The number of sulfonamides is 1. The molecule has 2 aliphatic heterocycles. The summed E-state index contributed by atoms with van der Waals surface area (Å²) < 4.78 is 53.4. The van der Waals surface area contributed by atoms with Crippen LogP contribution in [0.3, 0.4) is 0 Å². The fraction of sp³-hybridized carbons (Fsp3) is 0.458. The van der Waals surface area contributed by atoms with Crippen LogP contribution >= 0.6 is 0 Å². The lowest BCUT2D eigenvalue weighted by Crippen LogP contribution is -2.60. The number of carbonyl (C=O) groups is 1. The van der Waals surface area contributed by atoms with Crippen molar-refractivity contribution in [3.63, 3.8) is 0 Å². The van der Waals surface area contributed by atoms with Gasteiger partial charge in [-0.05, 0) is 141 Å². The van der Waals surface area contributed by atoms with Gasteiger partial charge in [-0.25, -0.2) is 18.1 Å². The molecule has 4 fully saturated rings. The molecule has 18 nitrogen and oxygen atoms in total. The van der Waals surface area contributed by atoms with Crippen LogP contribution in [0, 0.1) is 21.4 Å². The summed E-state index contributed by atoms with van der Waals surface area (Å²) in [5.41, 5.74) is 4.54. The molecule has 414 valence electrons. The van der Waals surface area contributed by atoms with E-state index in [0.29, 0.717) is 60.0 Å². The van der Waals surface area contributed by atoms with Gasteiger partial charge in [-0.15, -0.1) is 0 Å². The van der Waals surface area contributed by atoms with E-state index in [9.17, 15) is 28.4 Å². The van der Waals surface area contributed by atoms with E-state index in [4.69, 9.17) is 18.9 Å². The predicted molar refractivity (Wildman–Crippen MR) is 300 cm³/mol. The molecule has 10 rings (SSSR count). The predicted octanol–water partition coefficient (Wildman–Crippen LogP) is 10.2. The number of nitrogens with one attached hydrogen (secondary N) is 3. The minimum absolute atomic E-state index is 0.0387. The second-order valence-corrected chi connectivity index (χ2v) is 24.1. The SMILES string of the molecule is COc1cc(CN2CCN(C3CC4(CCN(c5ccc(C(=O)NS(=O)(=O)c6ccc(NCC7CCC(C)(O)CC7)c([N+](=O)[O-])c6)c(Oc6cnc7[nH]ccc7c6)c5)CC4)C3)C(c3ccccc3C(C)C)C2)cc(OC)c1OC. The van der Waals surface area contributed by atoms with E-state index in [-0.39, 0.29) is 34.4 Å². The van der Waals surface area contributed by atoms with E-state index >= 15 is 0 Å². The lowest BCUT2D eigenvalue weighted by atomic mass is 9.59. The van der Waals surface area contributed by atoms with Gasteiger partial charge in [0.05, 0.1) is 48.5 Å². The van der Waals surface area contributed by atoms with Crippen molar-refractivity contribution in [2.75, 3.05) is 70.8 Å². The fourth-order valence-corrected chi connectivity index (χ4v) is 13.4. The van der Waals surface area contributed by atoms with Crippen LogP contribution in [-0.4, -0.2) is 116 Å². The highest BCUT2D eigenvalue weighted by Gasteiger charge is 2.50. The molecule has 1 unspecified atom stereocenters. The van der Waals surface area contributed by atoms with Crippen LogP contribution in [0.1, 0.15) is 111 Å². The fourth-order valence-electron chi connectivity index (χ4n) is 12.4. The first-order valence-corrected chi connectivity index (χ1v) is 28.6. The molecule has 1 amide bonds. The topological polar surface area (TPSA) is 214 Å². The summed E-state index contributed by atoms with van der Waals surface area (Å²) in [5.74, 6) is 1.98. The van der Waals surface area contributed by atoms with Gasteiger partial charge in [0.1, 0.15) is 22.8 Å². The van der Waals surface area contributed by atoms with E-state index in [1.807, 2.05) is 31.2 Å². The maximum absolute atomic E-state index is 14.2. The number of aromatic nitrogens is 2. The first-order valence-electron chi connectivity index (χ1n) is 27.1. The number of piperidine rings is 1. The van der Waals surface area contributed by atoms with Crippen LogP contribution in [0.25, 0.3) is 11.0 Å². The van der Waals surface area contributed by atoms with Crippen LogP contribution in [0.4, 0.5) is 17.1 Å². The van der Waals surface area contributed by atoms with Crippen LogP contribution in [0.15, 0.2) is 102 Å². The number of carbonyl (C=O) groups excluding carboxylic acids is 1. The Hall–Kier alpha value is -6.93. The molecule has 4 aromatic carbocycles. The number of nitrogens with zero attached hydrogens (tertiary/aromatic N) is 5. The lowest BCUT2D eigenvalue weighted by molar-refractivity contribution is -0.384. The average molecular weight is 1090 g/mol. The molecule has 2 saturated carbocycles. The Morgan fingerprint density at radius 2 is 1.63 bits per heavy atom. The molecule has 6 aromatic rings. The van der Waals surface area contributed by atoms with E-state index in [1.54, 1.807) is 45.7 Å². The number of aromatic amines is 1. The number of nitro groups is 1. The third kappa shape index (κ3) is 11.6. The molecule has 1 spiro atoms. The van der Waals surface area contributed by atoms with Gasteiger partial charge in [0.2, 0.25) is 5.75 Å². The molecule has 0 radical (unpaired) electrons. The molecular formula is C59H72N8O10S. The summed E-state index contributed by atoms with van der Waals surface area (Å²) in [5, 5.41) is 26.5. The number of anilines is 2. The van der Waals surface area contributed by atoms with Crippen molar-refractivity contribution in [2.45, 2.75) is 107 Å². The highest BCUT2D eigenvalue weighted by molar-refractivity contribution is 7.90. The number of H-pyrrole nitrogens is 1. The van der Waals surface area contributed by atoms with Crippen molar-refractivity contribution in [3.05, 3.63) is 130 Å². The van der Waals surface area contributed by atoms with Crippen molar-refractivity contribution in [1.82, 2.24) is 24.5 Å². The van der Waals surface area contributed by atoms with E-state index in [1.165, 1.54) is 29.5 Å². The van der Waals surface area contributed by atoms with Crippen LogP contribution in [-0.2, 0) is 16.6 Å². The number of methoxy groups -OCH3 is 3. The summed E-state index contributed by atoms with van der Waals surface area (Å²) in [6.45, 7) is 11.9. The normalized spacial score (nSPS) is 21.1. The summed E-state index contributed by atoms with van der Waals surface area (Å²) in [6, 6.07) is 26.0. The summed E-state index contributed by atoms with van der Waals surface area (Å²) in [7, 11) is 0.322. The Balaban J connectivity index is 0.833. The van der Waals surface area contributed by atoms with Crippen molar-refractivity contribution < 1.29 is 42.2 Å². The molecule has 0 bridgehead atoms. The number of rotatable bonds is 18. The number of aliphatic hydroxyl groups is 1. The van der Waals surface area contributed by atoms with Gasteiger partial charge in [-0.3, -0.25) is 24.7 Å². The van der Waals surface area contributed by atoms with Gasteiger partial charge in [0.15, 0.2) is 11.5 Å². The average Bonchev–Trinajstić information content (AvgIpc) is 4.06. The van der Waals surface area contributed by atoms with E-state index in [0.717, 1.165) is 100 Å². The lowest BCUT2D eigenvalue weighted by Gasteiger charge is -2.58. The zero-order valence-electron chi connectivity index (χ0n) is 45.4. The first kappa shape index (κ1) is 54.4. The quantitative estimate of drug-likeness (QED) is 0.0466. The molecule has 2 saturated heterocycles. The minimum Gasteiger partial charge on any atom is -0.493 e. The van der Waals surface area contributed by atoms with Crippen molar-refractivity contribution in [1.29, 1.82) is 0 Å². The molecule has 4 heterocycles. The zero-order valence-corrected chi connectivity index (χ0v) is 46.2. The smallest absolute Gasteiger partial charge is 0.293 e. The summed E-state index contributed by atoms with van der Waals surface area (Å²) >= 11 is 0. The van der Waals surface area contributed by atoms with E-state index in [2.05, 4.69) is 72.8 Å².